The molecule has 1 aliphatic heterocycles. The van der Waals surface area contributed by atoms with E-state index in [4.69, 9.17) is 16.3 Å². The third-order valence-electron chi connectivity index (χ3n) is 2.88. The van der Waals surface area contributed by atoms with E-state index in [1.54, 1.807) is 0 Å². The van der Waals surface area contributed by atoms with Gasteiger partial charge in [-0.15, -0.1) is 0 Å². The number of aromatic nitrogens is 1. The van der Waals surface area contributed by atoms with Crippen LogP contribution in [-0.4, -0.2) is 23.3 Å². The van der Waals surface area contributed by atoms with Crippen LogP contribution in [0.2, 0.25) is 5.02 Å². The van der Waals surface area contributed by atoms with E-state index in [-0.39, 0.29) is 12.2 Å². The number of benzene rings is 1. The molecule has 1 N–H and O–H groups in total. The molecule has 0 spiro atoms. The lowest BCUT2D eigenvalue weighted by Crippen LogP contribution is -2.20. The standard InChI is InChI=1S/C12H11ClN2O2/c13-9-1-2-11-8(5-9)3-4-15(11)7-10-6-14-12(16)17-10/h1-5,10H,6-7H2,(H,14,16). The number of amides is 1. The molecule has 5 heteroatoms. The van der Waals surface area contributed by atoms with Crippen molar-refractivity contribution < 1.29 is 9.53 Å². The molecule has 1 saturated heterocycles. The fourth-order valence-corrected chi connectivity index (χ4v) is 2.26. The van der Waals surface area contributed by atoms with Gasteiger partial charge >= 0.3 is 6.09 Å². The van der Waals surface area contributed by atoms with E-state index in [9.17, 15) is 4.79 Å². The molecule has 0 saturated carbocycles. The molecule has 2 aromatic rings. The first-order chi connectivity index (χ1) is 8.22. The van der Waals surface area contributed by atoms with Crippen molar-refractivity contribution in [2.45, 2.75) is 12.6 Å². The van der Waals surface area contributed by atoms with E-state index in [0.717, 1.165) is 15.9 Å². The lowest BCUT2D eigenvalue weighted by molar-refractivity contribution is 0.131. The van der Waals surface area contributed by atoms with Crippen molar-refractivity contribution in [3.63, 3.8) is 0 Å². The molecule has 1 amide bonds. The second kappa shape index (κ2) is 3.96. The smallest absolute Gasteiger partial charge is 0.407 e. The van der Waals surface area contributed by atoms with Gasteiger partial charge in [-0.25, -0.2) is 4.79 Å². The van der Waals surface area contributed by atoms with Crippen molar-refractivity contribution in [2.24, 2.45) is 0 Å². The molecule has 0 bridgehead atoms. The highest BCUT2D eigenvalue weighted by atomic mass is 35.5. The average Bonchev–Trinajstić information content (AvgIpc) is 2.86. The molecule has 2 heterocycles. The number of nitrogens with zero attached hydrogens (tertiary/aromatic N) is 1. The summed E-state index contributed by atoms with van der Waals surface area (Å²) < 4.78 is 7.18. The number of carbonyl (C=O) groups is 1. The van der Waals surface area contributed by atoms with Crippen LogP contribution in [0.3, 0.4) is 0 Å². The number of ether oxygens (including phenoxy) is 1. The monoisotopic (exact) mass is 250 g/mol. The maximum atomic E-state index is 10.9. The van der Waals surface area contributed by atoms with E-state index >= 15 is 0 Å². The van der Waals surface area contributed by atoms with E-state index in [0.29, 0.717) is 13.1 Å². The van der Waals surface area contributed by atoms with Gasteiger partial charge in [-0.1, -0.05) is 11.6 Å². The maximum Gasteiger partial charge on any atom is 0.407 e. The summed E-state index contributed by atoms with van der Waals surface area (Å²) in [5.74, 6) is 0. The molecule has 88 valence electrons. The Morgan fingerprint density at radius 2 is 2.35 bits per heavy atom. The summed E-state index contributed by atoms with van der Waals surface area (Å²) in [6, 6.07) is 7.76. The van der Waals surface area contributed by atoms with Crippen LogP contribution in [0.15, 0.2) is 30.5 Å². The number of halogens is 1. The highest BCUT2D eigenvalue weighted by Gasteiger charge is 2.22. The van der Waals surface area contributed by atoms with Gasteiger partial charge in [0, 0.05) is 22.1 Å². The van der Waals surface area contributed by atoms with Crippen LogP contribution in [0.5, 0.6) is 0 Å². The van der Waals surface area contributed by atoms with Crippen molar-refractivity contribution in [1.29, 1.82) is 0 Å². The molecule has 3 rings (SSSR count). The van der Waals surface area contributed by atoms with Crippen LogP contribution in [0.4, 0.5) is 4.79 Å². The zero-order valence-corrected chi connectivity index (χ0v) is 9.78. The molecule has 17 heavy (non-hydrogen) atoms. The van der Waals surface area contributed by atoms with E-state index in [1.807, 2.05) is 30.5 Å². The third-order valence-corrected chi connectivity index (χ3v) is 3.12. The van der Waals surface area contributed by atoms with Crippen LogP contribution in [-0.2, 0) is 11.3 Å². The minimum atomic E-state index is -0.338. The molecule has 0 radical (unpaired) electrons. The molecule has 1 aromatic heterocycles. The first-order valence-electron chi connectivity index (χ1n) is 5.41. The van der Waals surface area contributed by atoms with Crippen LogP contribution in [0.1, 0.15) is 0 Å². The predicted octanol–water partition coefficient (Wildman–Crippen LogP) is 2.40. The number of carbonyl (C=O) groups excluding carboxylic acids is 1. The largest absolute Gasteiger partial charge is 0.442 e. The summed E-state index contributed by atoms with van der Waals surface area (Å²) in [6.07, 6.45) is 1.54. The number of fused-ring (bicyclic) bond motifs is 1. The molecule has 1 aromatic carbocycles. The van der Waals surface area contributed by atoms with Crippen LogP contribution in [0, 0.1) is 0 Å². The topological polar surface area (TPSA) is 43.3 Å². The molecule has 0 aliphatic carbocycles. The third kappa shape index (κ3) is 1.96. The lowest BCUT2D eigenvalue weighted by Gasteiger charge is -2.10. The summed E-state index contributed by atoms with van der Waals surface area (Å²) in [5, 5.41) is 4.46. The van der Waals surface area contributed by atoms with Gasteiger partial charge in [0.25, 0.3) is 0 Å². The number of alkyl carbamates (subject to hydrolysis) is 1. The van der Waals surface area contributed by atoms with Gasteiger partial charge in [-0.2, -0.15) is 0 Å². The van der Waals surface area contributed by atoms with Crippen molar-refractivity contribution in [2.75, 3.05) is 6.54 Å². The second-order valence-corrected chi connectivity index (χ2v) is 4.52. The van der Waals surface area contributed by atoms with Gasteiger partial charge in [0.05, 0.1) is 13.1 Å². The van der Waals surface area contributed by atoms with Gasteiger partial charge < -0.3 is 14.6 Å². The van der Waals surface area contributed by atoms with Crippen molar-refractivity contribution >= 4 is 28.6 Å². The second-order valence-electron chi connectivity index (χ2n) is 4.08. The molecular formula is C12H11ClN2O2. The Bertz CT molecular complexity index is 579. The number of cyclic esters (lactones) is 1. The number of nitrogens with one attached hydrogen (secondary N) is 1. The fourth-order valence-electron chi connectivity index (χ4n) is 2.08. The fraction of sp³-hybridized carbons (Fsp3) is 0.250. The van der Waals surface area contributed by atoms with Gasteiger partial charge in [0.15, 0.2) is 0 Å². The Morgan fingerprint density at radius 1 is 1.47 bits per heavy atom. The highest BCUT2D eigenvalue weighted by Crippen LogP contribution is 2.21. The van der Waals surface area contributed by atoms with Crippen molar-refractivity contribution in [3.8, 4) is 0 Å². The first kappa shape index (κ1) is 10.5. The summed E-state index contributed by atoms with van der Waals surface area (Å²) in [5.41, 5.74) is 1.09. The molecule has 1 fully saturated rings. The Balaban J connectivity index is 1.88. The Hall–Kier alpha value is -1.68. The summed E-state index contributed by atoms with van der Waals surface area (Å²) in [6.45, 7) is 1.22. The maximum absolute atomic E-state index is 10.9. The van der Waals surface area contributed by atoms with Crippen molar-refractivity contribution in [1.82, 2.24) is 9.88 Å². The highest BCUT2D eigenvalue weighted by molar-refractivity contribution is 6.31. The predicted molar refractivity (Wildman–Crippen MR) is 65.2 cm³/mol. The number of hydrogen-bond donors (Lipinski definition) is 1. The minimum Gasteiger partial charge on any atom is -0.442 e. The average molecular weight is 251 g/mol. The molecule has 4 nitrogen and oxygen atoms in total. The number of hydrogen-bond acceptors (Lipinski definition) is 2. The lowest BCUT2D eigenvalue weighted by atomic mass is 10.2. The van der Waals surface area contributed by atoms with E-state index < -0.39 is 0 Å². The van der Waals surface area contributed by atoms with Gasteiger partial charge in [-0.05, 0) is 24.3 Å². The van der Waals surface area contributed by atoms with Gasteiger partial charge in [0.2, 0.25) is 0 Å². The Morgan fingerprint density at radius 3 is 3.12 bits per heavy atom. The summed E-state index contributed by atoms with van der Waals surface area (Å²) >= 11 is 5.93. The van der Waals surface area contributed by atoms with Gasteiger partial charge in [-0.3, -0.25) is 0 Å². The molecule has 1 atom stereocenters. The molecular weight excluding hydrogens is 240 g/mol. The first-order valence-corrected chi connectivity index (χ1v) is 5.79. The Kier molecular flexibility index (Phi) is 2.44. The SMILES string of the molecule is O=C1NCC(Cn2ccc3cc(Cl)ccc32)O1. The van der Waals surface area contributed by atoms with Gasteiger partial charge in [0.1, 0.15) is 6.10 Å². The van der Waals surface area contributed by atoms with E-state index in [1.165, 1.54) is 0 Å². The summed E-state index contributed by atoms with van der Waals surface area (Å²) in [4.78, 5) is 10.9. The van der Waals surface area contributed by atoms with Crippen LogP contribution >= 0.6 is 11.6 Å². The zero-order chi connectivity index (χ0) is 11.8. The zero-order valence-electron chi connectivity index (χ0n) is 9.02. The number of rotatable bonds is 2. The van der Waals surface area contributed by atoms with Crippen LogP contribution < -0.4 is 5.32 Å². The van der Waals surface area contributed by atoms with E-state index in [2.05, 4.69) is 9.88 Å². The molecule has 1 aliphatic rings. The Labute approximate surface area is 103 Å². The minimum absolute atomic E-state index is 0.103. The van der Waals surface area contributed by atoms with Crippen LogP contribution in [0.25, 0.3) is 10.9 Å². The molecule has 1 unspecified atom stereocenters. The van der Waals surface area contributed by atoms with Crippen molar-refractivity contribution in [3.05, 3.63) is 35.5 Å². The quantitative estimate of drug-likeness (QED) is 0.890. The normalized spacial score (nSPS) is 19.4. The summed E-state index contributed by atoms with van der Waals surface area (Å²) in [7, 11) is 0.